The minimum Gasteiger partial charge on any atom is -0.480 e. The van der Waals surface area contributed by atoms with E-state index in [9.17, 15) is 4.79 Å². The lowest BCUT2D eigenvalue weighted by Crippen LogP contribution is -2.38. The maximum absolute atomic E-state index is 12.3. The Morgan fingerprint density at radius 2 is 2.04 bits per heavy atom. The number of aryl methyl sites for hydroxylation is 3. The third-order valence-electron chi connectivity index (χ3n) is 4.33. The molecule has 3 rings (SSSR count). The summed E-state index contributed by atoms with van der Waals surface area (Å²) in [6.07, 6.45) is 2.86. The second-order valence-corrected chi connectivity index (χ2v) is 6.20. The normalized spacial score (nSPS) is 15.9. The van der Waals surface area contributed by atoms with Gasteiger partial charge in [0.1, 0.15) is 5.75 Å². The number of carbonyl (C=O) groups is 1. The molecule has 4 heteroatoms. The minimum absolute atomic E-state index is 0.0448. The van der Waals surface area contributed by atoms with Crippen LogP contribution < -0.4 is 10.1 Å². The topological polar surface area (TPSA) is 51.2 Å². The van der Waals surface area contributed by atoms with Gasteiger partial charge in [0.25, 0.3) is 5.91 Å². The molecule has 1 N–H and O–H groups in total. The van der Waals surface area contributed by atoms with Gasteiger partial charge in [-0.25, -0.2) is 0 Å². The van der Waals surface area contributed by atoms with Crippen LogP contribution in [0.15, 0.2) is 30.5 Å². The second-order valence-electron chi connectivity index (χ2n) is 6.20. The van der Waals surface area contributed by atoms with Crippen molar-refractivity contribution in [1.29, 1.82) is 0 Å². The molecule has 120 valence electrons. The largest absolute Gasteiger partial charge is 0.480 e. The highest BCUT2D eigenvalue weighted by molar-refractivity contribution is 5.82. The lowest BCUT2D eigenvalue weighted by Gasteiger charge is -2.11. The van der Waals surface area contributed by atoms with Crippen LogP contribution in [-0.2, 0) is 17.6 Å². The Labute approximate surface area is 136 Å². The molecule has 1 atom stereocenters. The van der Waals surface area contributed by atoms with E-state index in [1.807, 2.05) is 31.3 Å². The average molecular weight is 310 g/mol. The standard InChI is InChI=1S/C19H22N2O2/c1-12-8-16-10-18(23-17(16)9-13(12)2)19(22)20-7-6-15-5-4-14(3)21-11-15/h4-5,8-9,11,18H,6-7,10H2,1-3H3,(H,20,22)/t18-/m0/s1. The molecule has 0 radical (unpaired) electrons. The number of pyridine rings is 1. The van der Waals surface area contributed by atoms with Crippen LogP contribution in [0.2, 0.25) is 0 Å². The second kappa shape index (κ2) is 6.41. The van der Waals surface area contributed by atoms with Crippen molar-refractivity contribution < 1.29 is 9.53 Å². The Morgan fingerprint density at radius 3 is 2.78 bits per heavy atom. The van der Waals surface area contributed by atoms with Gasteiger partial charge in [-0.1, -0.05) is 12.1 Å². The molecule has 0 aliphatic carbocycles. The molecule has 0 saturated carbocycles. The molecule has 0 saturated heterocycles. The first-order chi connectivity index (χ1) is 11.0. The van der Waals surface area contributed by atoms with E-state index < -0.39 is 6.10 Å². The molecule has 4 nitrogen and oxygen atoms in total. The summed E-state index contributed by atoms with van der Waals surface area (Å²) in [4.78, 5) is 16.5. The molecule has 1 aromatic heterocycles. The molecule has 2 aromatic rings. The van der Waals surface area contributed by atoms with Crippen LogP contribution >= 0.6 is 0 Å². The van der Waals surface area contributed by atoms with Gasteiger partial charge < -0.3 is 10.1 Å². The number of fused-ring (bicyclic) bond motifs is 1. The van der Waals surface area contributed by atoms with E-state index in [4.69, 9.17) is 4.74 Å². The van der Waals surface area contributed by atoms with E-state index in [1.54, 1.807) is 0 Å². The predicted octanol–water partition coefficient (Wildman–Crippen LogP) is 2.67. The zero-order valence-corrected chi connectivity index (χ0v) is 13.8. The van der Waals surface area contributed by atoms with Crippen LogP contribution in [0.5, 0.6) is 5.75 Å². The molecule has 1 amide bonds. The molecular weight excluding hydrogens is 288 g/mol. The van der Waals surface area contributed by atoms with Crippen molar-refractivity contribution in [1.82, 2.24) is 10.3 Å². The molecule has 2 heterocycles. The summed E-state index contributed by atoms with van der Waals surface area (Å²) in [7, 11) is 0. The number of carbonyl (C=O) groups excluding carboxylic acids is 1. The molecule has 0 unspecified atom stereocenters. The lowest BCUT2D eigenvalue weighted by molar-refractivity contribution is -0.127. The summed E-state index contributed by atoms with van der Waals surface area (Å²) in [6.45, 7) is 6.70. The van der Waals surface area contributed by atoms with Crippen molar-refractivity contribution >= 4 is 5.91 Å². The van der Waals surface area contributed by atoms with Crippen molar-refractivity contribution in [2.45, 2.75) is 39.7 Å². The van der Waals surface area contributed by atoms with E-state index in [2.05, 4.69) is 30.2 Å². The smallest absolute Gasteiger partial charge is 0.261 e. The fourth-order valence-corrected chi connectivity index (χ4v) is 2.75. The van der Waals surface area contributed by atoms with E-state index in [0.717, 1.165) is 29.0 Å². The lowest BCUT2D eigenvalue weighted by atomic mass is 10.0. The molecule has 0 spiro atoms. The molecule has 23 heavy (non-hydrogen) atoms. The summed E-state index contributed by atoms with van der Waals surface area (Å²) < 4.78 is 5.80. The van der Waals surface area contributed by atoms with E-state index in [1.165, 1.54) is 11.1 Å². The first-order valence-corrected chi connectivity index (χ1v) is 7.99. The zero-order valence-electron chi connectivity index (χ0n) is 13.8. The number of nitrogens with zero attached hydrogens (tertiary/aromatic N) is 1. The fraction of sp³-hybridized carbons (Fsp3) is 0.368. The number of hydrogen-bond acceptors (Lipinski definition) is 3. The molecule has 1 aliphatic heterocycles. The predicted molar refractivity (Wildman–Crippen MR) is 89.7 cm³/mol. The number of ether oxygens (including phenoxy) is 1. The van der Waals surface area contributed by atoms with Gasteiger partial charge in [-0.05, 0) is 61.6 Å². The van der Waals surface area contributed by atoms with Crippen LogP contribution in [0.1, 0.15) is 27.9 Å². The Hall–Kier alpha value is -2.36. The van der Waals surface area contributed by atoms with Crippen molar-refractivity contribution in [3.05, 3.63) is 58.4 Å². The van der Waals surface area contributed by atoms with Gasteiger partial charge in [-0.3, -0.25) is 9.78 Å². The molecule has 0 fully saturated rings. The SMILES string of the molecule is Cc1ccc(CCNC(=O)[C@@H]2Cc3cc(C)c(C)cc3O2)cn1. The van der Waals surface area contributed by atoms with Crippen LogP contribution in [-0.4, -0.2) is 23.5 Å². The fourth-order valence-electron chi connectivity index (χ4n) is 2.75. The monoisotopic (exact) mass is 310 g/mol. The van der Waals surface area contributed by atoms with E-state index in [0.29, 0.717) is 13.0 Å². The van der Waals surface area contributed by atoms with Gasteiger partial charge in [0.05, 0.1) is 0 Å². The van der Waals surface area contributed by atoms with Gasteiger partial charge in [-0.15, -0.1) is 0 Å². The highest BCUT2D eigenvalue weighted by Gasteiger charge is 2.29. The summed E-state index contributed by atoms with van der Waals surface area (Å²) in [5.41, 5.74) is 5.67. The van der Waals surface area contributed by atoms with Gasteiger partial charge in [0.2, 0.25) is 0 Å². The van der Waals surface area contributed by atoms with Crippen molar-refractivity contribution in [2.24, 2.45) is 0 Å². The van der Waals surface area contributed by atoms with Gasteiger partial charge >= 0.3 is 0 Å². The van der Waals surface area contributed by atoms with Crippen LogP contribution in [0.4, 0.5) is 0 Å². The Morgan fingerprint density at radius 1 is 1.26 bits per heavy atom. The zero-order chi connectivity index (χ0) is 16.4. The van der Waals surface area contributed by atoms with Crippen molar-refractivity contribution in [3.63, 3.8) is 0 Å². The van der Waals surface area contributed by atoms with E-state index >= 15 is 0 Å². The molecule has 0 bridgehead atoms. The van der Waals surface area contributed by atoms with Crippen LogP contribution in [0.25, 0.3) is 0 Å². The number of nitrogens with one attached hydrogen (secondary N) is 1. The number of benzene rings is 1. The first kappa shape index (κ1) is 15.5. The molecular formula is C19H22N2O2. The average Bonchev–Trinajstić information content (AvgIpc) is 2.92. The summed E-state index contributed by atoms with van der Waals surface area (Å²) in [5, 5.41) is 2.96. The Balaban J connectivity index is 1.53. The summed E-state index contributed by atoms with van der Waals surface area (Å²) >= 11 is 0. The van der Waals surface area contributed by atoms with Crippen LogP contribution in [0.3, 0.4) is 0 Å². The van der Waals surface area contributed by atoms with Crippen LogP contribution in [0, 0.1) is 20.8 Å². The highest BCUT2D eigenvalue weighted by Crippen LogP contribution is 2.31. The number of rotatable bonds is 4. The van der Waals surface area contributed by atoms with E-state index in [-0.39, 0.29) is 5.91 Å². The number of amides is 1. The van der Waals surface area contributed by atoms with Gasteiger partial charge in [-0.2, -0.15) is 0 Å². The minimum atomic E-state index is -0.414. The quantitative estimate of drug-likeness (QED) is 0.944. The third kappa shape index (κ3) is 3.52. The summed E-state index contributed by atoms with van der Waals surface area (Å²) in [5.74, 6) is 0.799. The van der Waals surface area contributed by atoms with Crippen molar-refractivity contribution in [3.8, 4) is 5.75 Å². The van der Waals surface area contributed by atoms with Crippen molar-refractivity contribution in [2.75, 3.05) is 6.54 Å². The maximum Gasteiger partial charge on any atom is 0.261 e. The third-order valence-corrected chi connectivity index (χ3v) is 4.33. The van der Waals surface area contributed by atoms with Gasteiger partial charge in [0.15, 0.2) is 6.10 Å². The number of aromatic nitrogens is 1. The Kier molecular flexibility index (Phi) is 4.33. The Bertz CT molecular complexity index is 692. The molecule has 1 aromatic carbocycles. The first-order valence-electron chi connectivity index (χ1n) is 7.99. The highest BCUT2D eigenvalue weighted by atomic mass is 16.5. The summed E-state index contributed by atoms with van der Waals surface area (Å²) in [6, 6.07) is 8.17. The van der Waals surface area contributed by atoms with Gasteiger partial charge in [0, 0.05) is 24.9 Å². The number of hydrogen-bond donors (Lipinski definition) is 1. The molecule has 1 aliphatic rings. The maximum atomic E-state index is 12.3.